The zero-order valence-electron chi connectivity index (χ0n) is 12.2. The Kier molecular flexibility index (Phi) is 4.23. The Hall–Kier alpha value is -1.76. The van der Waals surface area contributed by atoms with Crippen LogP contribution in [0, 0.1) is 0 Å². The third-order valence-corrected chi connectivity index (χ3v) is 4.20. The minimum atomic E-state index is -4.48. The monoisotopic (exact) mass is 345 g/mol. The van der Waals surface area contributed by atoms with Crippen LogP contribution in [-0.4, -0.2) is 33.3 Å². The molecule has 0 aliphatic carbocycles. The van der Waals surface area contributed by atoms with Gasteiger partial charge in [0.05, 0.1) is 22.7 Å². The van der Waals surface area contributed by atoms with E-state index in [1.54, 1.807) is 4.90 Å². The highest BCUT2D eigenvalue weighted by Gasteiger charge is 2.32. The molecule has 3 heterocycles. The van der Waals surface area contributed by atoms with Gasteiger partial charge < -0.3 is 9.30 Å². The van der Waals surface area contributed by atoms with Crippen LogP contribution in [0.2, 0.25) is 5.02 Å². The summed E-state index contributed by atoms with van der Waals surface area (Å²) in [6.07, 6.45) is 1.04. The summed E-state index contributed by atoms with van der Waals surface area (Å²) in [5, 5.41) is -0.0866. The van der Waals surface area contributed by atoms with Crippen LogP contribution in [-0.2, 0) is 17.4 Å². The predicted molar refractivity (Wildman–Crippen MR) is 79.3 cm³/mol. The number of aromatic nitrogens is 2. The first-order chi connectivity index (χ1) is 10.8. The van der Waals surface area contributed by atoms with Crippen LogP contribution >= 0.6 is 11.6 Å². The maximum atomic E-state index is 12.8. The van der Waals surface area contributed by atoms with E-state index >= 15 is 0 Å². The number of halogens is 4. The fourth-order valence-electron chi connectivity index (χ4n) is 2.76. The first-order valence-corrected chi connectivity index (χ1v) is 7.74. The van der Waals surface area contributed by atoms with Crippen LogP contribution in [0.15, 0.2) is 18.5 Å². The van der Waals surface area contributed by atoms with Gasteiger partial charge in [0.1, 0.15) is 0 Å². The van der Waals surface area contributed by atoms with Crippen molar-refractivity contribution in [3.63, 3.8) is 0 Å². The largest absolute Gasteiger partial charge is 0.417 e. The second kappa shape index (κ2) is 6.03. The van der Waals surface area contributed by atoms with Crippen molar-refractivity contribution in [3.8, 4) is 0 Å². The molecule has 8 heteroatoms. The Labute approximate surface area is 135 Å². The highest BCUT2D eigenvalue weighted by atomic mass is 35.5. The van der Waals surface area contributed by atoms with Crippen molar-refractivity contribution in [1.82, 2.24) is 14.3 Å². The van der Waals surface area contributed by atoms with Crippen molar-refractivity contribution < 1.29 is 18.0 Å². The van der Waals surface area contributed by atoms with E-state index < -0.39 is 11.7 Å². The number of piperidine rings is 1. The number of amides is 1. The SMILES string of the molecule is O=C(Cc1cn2cc(C(F)(F)F)cc(Cl)c2n1)N1CCCCC1. The van der Waals surface area contributed by atoms with Crippen LogP contribution in [0.1, 0.15) is 30.5 Å². The Morgan fingerprint density at radius 1 is 1.22 bits per heavy atom. The molecule has 0 radical (unpaired) electrons. The maximum absolute atomic E-state index is 12.8. The first kappa shape index (κ1) is 16.1. The van der Waals surface area contributed by atoms with E-state index in [-0.39, 0.29) is 23.0 Å². The lowest BCUT2D eigenvalue weighted by atomic mass is 10.1. The van der Waals surface area contributed by atoms with Crippen molar-refractivity contribution in [2.75, 3.05) is 13.1 Å². The number of fused-ring (bicyclic) bond motifs is 1. The molecule has 0 bridgehead atoms. The molecule has 0 saturated carbocycles. The average molecular weight is 346 g/mol. The summed E-state index contributed by atoms with van der Waals surface area (Å²) in [7, 11) is 0. The predicted octanol–water partition coefficient (Wildman–Crippen LogP) is 3.56. The van der Waals surface area contributed by atoms with Crippen molar-refractivity contribution >= 4 is 23.2 Å². The molecule has 2 aromatic rings. The molecule has 124 valence electrons. The van der Waals surface area contributed by atoms with Crippen LogP contribution in [0.25, 0.3) is 5.65 Å². The topological polar surface area (TPSA) is 37.6 Å². The summed E-state index contributed by atoms with van der Waals surface area (Å²) in [5.41, 5.74) is -0.204. The van der Waals surface area contributed by atoms with Gasteiger partial charge in [-0.25, -0.2) is 4.98 Å². The normalized spacial score (nSPS) is 16.1. The molecule has 0 aromatic carbocycles. The van der Waals surface area contributed by atoms with Crippen molar-refractivity contribution in [2.24, 2.45) is 0 Å². The summed E-state index contributed by atoms with van der Waals surface area (Å²) in [4.78, 5) is 18.2. The van der Waals surface area contributed by atoms with E-state index in [1.165, 1.54) is 10.6 Å². The van der Waals surface area contributed by atoms with Crippen LogP contribution in [0.4, 0.5) is 13.2 Å². The van der Waals surface area contributed by atoms with Gasteiger partial charge in [-0.2, -0.15) is 13.2 Å². The molecule has 3 rings (SSSR count). The summed E-state index contributed by atoms with van der Waals surface area (Å²) in [6.45, 7) is 1.45. The molecule has 1 aliphatic heterocycles. The second-order valence-electron chi connectivity index (χ2n) is 5.66. The number of alkyl halides is 3. The Balaban J connectivity index is 1.85. The van der Waals surface area contributed by atoms with Crippen LogP contribution < -0.4 is 0 Å². The lowest BCUT2D eigenvalue weighted by molar-refractivity contribution is -0.138. The van der Waals surface area contributed by atoms with Crippen LogP contribution in [0.3, 0.4) is 0 Å². The molecule has 2 aromatic heterocycles. The number of nitrogens with zero attached hydrogens (tertiary/aromatic N) is 3. The van der Waals surface area contributed by atoms with E-state index in [2.05, 4.69) is 4.98 Å². The molecule has 1 saturated heterocycles. The Morgan fingerprint density at radius 2 is 1.91 bits per heavy atom. The number of carbonyl (C=O) groups is 1. The minimum absolute atomic E-state index is 0.0553. The molecule has 0 N–H and O–H groups in total. The quantitative estimate of drug-likeness (QED) is 0.834. The molecule has 0 atom stereocenters. The van der Waals surface area contributed by atoms with E-state index in [4.69, 9.17) is 11.6 Å². The fourth-order valence-corrected chi connectivity index (χ4v) is 3.02. The zero-order chi connectivity index (χ0) is 16.6. The van der Waals surface area contributed by atoms with Gasteiger partial charge in [0.25, 0.3) is 0 Å². The van der Waals surface area contributed by atoms with Crippen molar-refractivity contribution in [1.29, 1.82) is 0 Å². The molecule has 1 amide bonds. The van der Waals surface area contributed by atoms with Gasteiger partial charge in [-0.3, -0.25) is 4.79 Å². The van der Waals surface area contributed by atoms with Gasteiger partial charge in [-0.1, -0.05) is 11.6 Å². The number of likely N-dealkylation sites (tertiary alicyclic amines) is 1. The average Bonchev–Trinajstić information content (AvgIpc) is 2.90. The molecular weight excluding hydrogens is 331 g/mol. The zero-order valence-corrected chi connectivity index (χ0v) is 13.0. The fraction of sp³-hybridized carbons (Fsp3) is 0.467. The third kappa shape index (κ3) is 3.44. The number of pyridine rings is 1. The minimum Gasteiger partial charge on any atom is -0.342 e. The Morgan fingerprint density at radius 3 is 2.57 bits per heavy atom. The summed E-state index contributed by atoms with van der Waals surface area (Å²) in [5.74, 6) is -0.0553. The van der Waals surface area contributed by atoms with E-state index in [9.17, 15) is 18.0 Å². The van der Waals surface area contributed by atoms with Crippen LogP contribution in [0.5, 0.6) is 0 Å². The number of carbonyl (C=O) groups excluding carboxylic acids is 1. The molecule has 23 heavy (non-hydrogen) atoms. The lowest BCUT2D eigenvalue weighted by Crippen LogP contribution is -2.36. The summed E-state index contributed by atoms with van der Waals surface area (Å²) in [6, 6.07) is 0.847. The number of hydrogen-bond donors (Lipinski definition) is 0. The van der Waals surface area contributed by atoms with Crippen molar-refractivity contribution in [2.45, 2.75) is 31.9 Å². The standard InChI is InChI=1S/C15H15ClF3N3O/c16-12-6-10(15(17,18)19)8-22-9-11(20-14(12)22)7-13(23)21-4-2-1-3-5-21/h6,8-9H,1-5,7H2. The lowest BCUT2D eigenvalue weighted by Gasteiger charge is -2.26. The first-order valence-electron chi connectivity index (χ1n) is 7.37. The van der Waals surface area contributed by atoms with Crippen molar-refractivity contribution in [3.05, 3.63) is 34.7 Å². The number of rotatable bonds is 2. The van der Waals surface area contributed by atoms with Gasteiger partial charge in [0, 0.05) is 25.5 Å². The van der Waals surface area contributed by atoms with E-state index in [0.29, 0.717) is 5.69 Å². The molecule has 0 unspecified atom stereocenters. The number of imidazole rings is 1. The van der Waals surface area contributed by atoms with Gasteiger partial charge in [0.15, 0.2) is 5.65 Å². The maximum Gasteiger partial charge on any atom is 0.417 e. The Bertz CT molecular complexity index is 735. The summed E-state index contributed by atoms with van der Waals surface area (Å²) >= 11 is 5.89. The third-order valence-electron chi connectivity index (χ3n) is 3.92. The van der Waals surface area contributed by atoms with Gasteiger partial charge in [-0.05, 0) is 25.3 Å². The molecule has 1 aliphatic rings. The van der Waals surface area contributed by atoms with Gasteiger partial charge >= 0.3 is 6.18 Å². The second-order valence-corrected chi connectivity index (χ2v) is 6.06. The smallest absolute Gasteiger partial charge is 0.342 e. The van der Waals surface area contributed by atoms with Gasteiger partial charge in [-0.15, -0.1) is 0 Å². The van der Waals surface area contributed by atoms with E-state index in [0.717, 1.165) is 44.6 Å². The van der Waals surface area contributed by atoms with E-state index in [1.807, 2.05) is 0 Å². The molecular formula is C15H15ClF3N3O. The molecule has 0 spiro atoms. The highest BCUT2D eigenvalue weighted by molar-refractivity contribution is 6.33. The summed E-state index contributed by atoms with van der Waals surface area (Å²) < 4.78 is 39.6. The molecule has 4 nitrogen and oxygen atoms in total. The highest BCUT2D eigenvalue weighted by Crippen LogP contribution is 2.32. The van der Waals surface area contributed by atoms with Gasteiger partial charge in [0.2, 0.25) is 5.91 Å². The molecule has 1 fully saturated rings. The number of hydrogen-bond acceptors (Lipinski definition) is 2.